The van der Waals surface area contributed by atoms with Crippen LogP contribution in [0.5, 0.6) is 51.7 Å². The van der Waals surface area contributed by atoms with Crippen molar-refractivity contribution in [1.82, 2.24) is 5.43 Å². The van der Waals surface area contributed by atoms with Crippen LogP contribution in [0.15, 0.2) is 64.7 Å². The average molecular weight is 1860 g/mol. The molecule has 42 heteroatoms. The quantitative estimate of drug-likeness (QED) is 0.0223. The molecule has 0 bridgehead atoms. The lowest BCUT2D eigenvalue weighted by molar-refractivity contribution is -0.247. The van der Waals surface area contributed by atoms with Crippen molar-refractivity contribution in [3.05, 3.63) is 155 Å². The summed E-state index contributed by atoms with van der Waals surface area (Å²) in [5.74, 6) is -12.2. The van der Waals surface area contributed by atoms with Crippen LogP contribution in [0.25, 0.3) is 0 Å². The number of aromatic hydroxyl groups is 6. The van der Waals surface area contributed by atoms with Gasteiger partial charge in [0.15, 0.2) is 47.8 Å². The molecule has 15 rings (SSSR count). The molecule has 6 aliphatic carbocycles. The third-order valence-corrected chi connectivity index (χ3v) is 25.5. The van der Waals surface area contributed by atoms with Crippen LogP contribution in [-0.2, 0) is 71.7 Å². The first-order valence-corrected chi connectivity index (χ1v) is 42.4. The third-order valence-electron chi connectivity index (χ3n) is 25.5. The molecule has 6 aromatic carbocycles. The molecule has 0 aromatic heterocycles. The highest BCUT2D eigenvalue weighted by atomic mass is 16.7. The van der Waals surface area contributed by atoms with Gasteiger partial charge < -0.3 is 146 Å². The first kappa shape index (κ1) is 98.6. The molecule has 6 aromatic rings. The van der Waals surface area contributed by atoms with Crippen molar-refractivity contribution in [3.8, 4) is 51.7 Å². The lowest BCUT2D eigenvalue weighted by Gasteiger charge is -2.43. The first-order chi connectivity index (χ1) is 62.9. The Morgan fingerprint density at radius 2 is 0.767 bits per heavy atom. The number of methoxy groups -OCH3 is 3. The molecule has 23 N–H and O–H groups in total. The Hall–Kier alpha value is -11.9. The molecular formula is C91H102N6O36. The molecule has 12 unspecified atom stereocenters. The van der Waals surface area contributed by atoms with E-state index in [9.17, 15) is 129 Å². The molecule has 9 aliphatic rings. The summed E-state index contributed by atoms with van der Waals surface area (Å²) in [7, 11) is 3.95. The summed E-state index contributed by atoms with van der Waals surface area (Å²) in [5.41, 5.74) is 8.84. The van der Waals surface area contributed by atoms with E-state index >= 15 is 0 Å². The van der Waals surface area contributed by atoms with E-state index in [4.69, 9.17) is 64.9 Å². The van der Waals surface area contributed by atoms with Crippen LogP contribution in [0.4, 0.5) is 0 Å². The zero-order valence-corrected chi connectivity index (χ0v) is 72.8. The molecule has 0 saturated carbocycles. The van der Waals surface area contributed by atoms with Gasteiger partial charge in [-0.05, 0) is 45.9 Å². The van der Waals surface area contributed by atoms with E-state index < -0.39 is 306 Å². The van der Waals surface area contributed by atoms with Gasteiger partial charge >= 0.3 is 5.97 Å². The second-order valence-corrected chi connectivity index (χ2v) is 34.1. The molecule has 3 fully saturated rings. The molecule has 133 heavy (non-hydrogen) atoms. The molecule has 712 valence electrons. The number of carboxylic acid groups (broad SMARTS) is 1. The zero-order chi connectivity index (χ0) is 97.1. The van der Waals surface area contributed by atoms with Crippen molar-refractivity contribution >= 4 is 75.3 Å². The normalized spacial score (nSPS) is 27.9. The number of carboxylic acids is 1. The van der Waals surface area contributed by atoms with E-state index in [-0.39, 0.29) is 140 Å². The molecule has 42 nitrogen and oxygen atoms in total. The number of aliphatic carboxylic acids is 1. The van der Waals surface area contributed by atoms with Crippen molar-refractivity contribution in [3.63, 3.8) is 0 Å². The molecule has 3 aliphatic heterocycles. The smallest absolute Gasteiger partial charge is 0.303 e. The number of ketones is 9. The molecular weight excluding hydrogens is 1750 g/mol. The van der Waals surface area contributed by atoms with Gasteiger partial charge in [0, 0.05) is 145 Å². The number of Topliss-reactive ketones (excluding diaryl/α,β-unsaturated/α-hetero) is 3. The van der Waals surface area contributed by atoms with Crippen molar-refractivity contribution < 1.29 is 177 Å². The summed E-state index contributed by atoms with van der Waals surface area (Å²) in [5, 5.41) is 178. The van der Waals surface area contributed by atoms with Gasteiger partial charge in [0.1, 0.15) is 80.9 Å². The number of nitrogens with one attached hydrogen (secondary N) is 1. The number of aliphatic hydroxyl groups excluding tert-OH is 6. The lowest BCUT2D eigenvalue weighted by Crippen LogP contribution is -2.53. The van der Waals surface area contributed by atoms with Gasteiger partial charge in [-0.15, -0.1) is 0 Å². The number of aliphatic imine (C=N–C) groups is 1. The number of carbonyl (C=O) groups is 11. The Morgan fingerprint density at radius 1 is 0.444 bits per heavy atom. The molecule has 0 radical (unpaired) electrons. The van der Waals surface area contributed by atoms with E-state index in [0.29, 0.717) is 0 Å². The number of aliphatic hydroxyl groups is 9. The number of nitrogens with two attached hydrogens (primary N) is 3. The monoisotopic (exact) mass is 1850 g/mol. The second-order valence-electron chi connectivity index (χ2n) is 34.1. The van der Waals surface area contributed by atoms with E-state index in [1.807, 2.05) is 0 Å². The van der Waals surface area contributed by atoms with Gasteiger partial charge in [-0.3, -0.25) is 52.9 Å². The number of amides is 1. The van der Waals surface area contributed by atoms with Crippen LogP contribution < -0.4 is 36.8 Å². The van der Waals surface area contributed by atoms with Crippen LogP contribution in [0.1, 0.15) is 239 Å². The highest BCUT2D eigenvalue weighted by molar-refractivity contribution is 6.34. The maximum atomic E-state index is 13.9. The van der Waals surface area contributed by atoms with Crippen LogP contribution in [-0.4, -0.2) is 295 Å². The maximum absolute atomic E-state index is 13.9. The second kappa shape index (κ2) is 39.0. The van der Waals surface area contributed by atoms with Gasteiger partial charge in [-0.1, -0.05) is 36.4 Å². The van der Waals surface area contributed by atoms with Crippen LogP contribution in [0.2, 0.25) is 0 Å². The van der Waals surface area contributed by atoms with Crippen molar-refractivity contribution in [2.45, 2.75) is 220 Å². The van der Waals surface area contributed by atoms with Gasteiger partial charge in [-0.2, -0.15) is 5.10 Å². The van der Waals surface area contributed by atoms with Crippen molar-refractivity contribution in [1.29, 1.82) is 0 Å². The molecule has 18 atom stereocenters. The fourth-order valence-corrected chi connectivity index (χ4v) is 18.6. The predicted molar refractivity (Wildman–Crippen MR) is 455 cm³/mol. The number of hydrogen-bond acceptors (Lipinski definition) is 40. The SMILES string of the molecule is COc1cccc2c1C(=O)c1c(O)c3c(c(O)c1C2=O)C[C@@](O)(/C(CO)=N/NC(=O)CCC(C)=O)C[C@@H]3OC1CC(N)C(O)C(C)O1.COc1cccc2c1C(=O)c1c(O)c3c(c(O)c1C2=O)C[C@@](O)(C(=O)CO)C[C@@H]3OC1CC(N)C(O)C(C)O1.COc1cccc2c1C(=O)c1c(O)c3c(c(O)c1C2=O)C[C@@](O)(C(CO)=NCC(=O)CCC(=O)O)C[C@@H]3OC1CC(N)C(O)C(C)O1. The minimum atomic E-state index is -2.24. The summed E-state index contributed by atoms with van der Waals surface area (Å²) in [6.07, 6.45) is -16.6. The number of phenols is 6. The summed E-state index contributed by atoms with van der Waals surface area (Å²) < 4.78 is 51.6. The zero-order valence-electron chi connectivity index (χ0n) is 72.8. The minimum Gasteiger partial charge on any atom is -0.507 e. The fraction of sp³-hybridized carbons (Fsp3) is 0.462. The van der Waals surface area contributed by atoms with Gasteiger partial charge in [0.05, 0.1) is 164 Å². The topological polar surface area (TPSA) is 709 Å². The number of phenolic OH excluding ortho intramolecular Hbond substituents is 6. The van der Waals surface area contributed by atoms with Crippen LogP contribution in [0.3, 0.4) is 0 Å². The highest BCUT2D eigenvalue weighted by Crippen LogP contribution is 2.58. The van der Waals surface area contributed by atoms with Crippen LogP contribution in [0, 0.1) is 0 Å². The predicted octanol–water partition coefficient (Wildman–Crippen LogP) is 0.582. The van der Waals surface area contributed by atoms with Gasteiger partial charge in [-0.25, -0.2) is 5.43 Å². The molecule has 1 amide bonds. The fourth-order valence-electron chi connectivity index (χ4n) is 18.6. The number of benzene rings is 6. The Labute approximate surface area is 756 Å². The number of hydrogen-bond donors (Lipinski definition) is 20. The largest absolute Gasteiger partial charge is 0.507 e. The molecule has 0 spiro atoms. The Morgan fingerprint density at radius 3 is 1.08 bits per heavy atom. The van der Waals surface area contributed by atoms with E-state index in [0.717, 1.165) is 0 Å². The maximum Gasteiger partial charge on any atom is 0.303 e. The molecule has 3 saturated heterocycles. The summed E-state index contributed by atoms with van der Waals surface area (Å²) in [6, 6.07) is 10.8. The highest BCUT2D eigenvalue weighted by Gasteiger charge is 2.55. The average Bonchev–Trinajstić information content (AvgIpc) is 0.719. The lowest BCUT2D eigenvalue weighted by atomic mass is 9.71. The standard InChI is InChI=1S/C32H37N3O12.C32H36N2O13.C27H29NO11/c1-13(37)7-8-21(38)35-34-20(12-36)32(44)10-16-24(19(11-32)47-22-9-17(33)27(39)14(2)46-22)31(43)26-25(29(16)41)28(40)15-5-4-6-18(45-3)23(15)30(26)42;1-13-27(39)17(33)8-22(46-13)47-19-10-32(44,20(12-35)34-11-14(36)6-7-21(37)38)9-16-24(19)31(43)26-25(29(16)41)28(40)15-4-3-5-18(45-2)23(15)30(26)42;1-10-22(31)13(28)6-17(38-10)39-15-8-27(36,16(30)9-29)7-12-19(15)26(35)21-20(24(12)33)23(32)11-4-3-5-14(37-2)18(11)25(21)34/h4-6,14,17,19,22,27,36,39,41,43-44H,7-12,33H2,1-3H3,(H,35,38);3-5,13,17,19,22,27,35,39,41,43-44H,6-12,33H2,1-2H3,(H,37,38);3-5,10,13,15,17,22,29,31,33,35-36H,6-9,28H2,1-2H3/b34-20+;;/t14?,17?,19-,22?,27?,32-;13?,17?,19-,22?,27?,32-;10?,13?,15-,17?,22?,27-/m000/s1. The van der Waals surface area contributed by atoms with E-state index in [2.05, 4.69) is 15.5 Å². The van der Waals surface area contributed by atoms with Crippen molar-refractivity contribution in [2.75, 3.05) is 47.7 Å². The van der Waals surface area contributed by atoms with E-state index in [1.54, 1.807) is 20.8 Å². The number of ether oxygens (including phenoxy) is 9. The van der Waals surface area contributed by atoms with E-state index in [1.165, 1.54) is 82.9 Å². The molecule has 3 heterocycles. The van der Waals surface area contributed by atoms with Gasteiger partial charge in [0.2, 0.25) is 23.3 Å². The Balaban J connectivity index is 0.000000170. The number of hydrazone groups is 1. The Bertz CT molecular complexity index is 5550. The van der Waals surface area contributed by atoms with Crippen molar-refractivity contribution in [2.24, 2.45) is 27.3 Å². The summed E-state index contributed by atoms with van der Waals surface area (Å²) in [6.45, 7) is 2.72. The number of rotatable bonds is 24. The number of nitrogens with zero attached hydrogens (tertiary/aromatic N) is 2. The first-order valence-electron chi connectivity index (χ1n) is 42.4. The number of fused-ring (bicyclic) bond motifs is 9. The van der Waals surface area contributed by atoms with Crippen LogP contribution >= 0.6 is 0 Å². The van der Waals surface area contributed by atoms with Gasteiger partial charge in [0.25, 0.3) is 0 Å². The summed E-state index contributed by atoms with van der Waals surface area (Å²) in [4.78, 5) is 146. The number of carbonyl (C=O) groups excluding carboxylic acids is 10. The summed E-state index contributed by atoms with van der Waals surface area (Å²) >= 11 is 0. The minimum absolute atomic E-state index is 0.0113. The Kier molecular flexibility index (Phi) is 28.9. The third kappa shape index (κ3) is 18.4.